The molecule has 0 saturated heterocycles. The molecule has 0 aliphatic heterocycles. The van der Waals surface area contributed by atoms with E-state index >= 15 is 0 Å². The van der Waals surface area contributed by atoms with Crippen molar-refractivity contribution < 1.29 is 0 Å². The van der Waals surface area contributed by atoms with Crippen LogP contribution in [-0.2, 0) is 0 Å². The molecule has 0 aromatic heterocycles. The van der Waals surface area contributed by atoms with Crippen LogP contribution in [0, 0.1) is 0 Å². The Hall–Kier alpha value is 0.170. The van der Waals surface area contributed by atoms with Gasteiger partial charge in [-0.2, -0.15) is 0 Å². The molecule has 1 unspecified atom stereocenters. The van der Waals surface area contributed by atoms with Gasteiger partial charge in [0.25, 0.3) is 0 Å². The summed E-state index contributed by atoms with van der Waals surface area (Å²) in [6.45, 7) is 1.54. The van der Waals surface area contributed by atoms with Gasteiger partial charge in [0.2, 0.25) is 0 Å². The normalized spacial score (nSPS) is 12.3. The van der Waals surface area contributed by atoms with Crippen molar-refractivity contribution in [2.75, 3.05) is 20.1 Å². The van der Waals surface area contributed by atoms with Gasteiger partial charge < -0.3 is 16.8 Å². The van der Waals surface area contributed by atoms with Gasteiger partial charge in [-0.15, -0.1) is 12.4 Å². The molecule has 0 aliphatic rings. The summed E-state index contributed by atoms with van der Waals surface area (Å²) in [5.41, 5.74) is 10.8. The Morgan fingerprint density at radius 2 is 1.82 bits per heavy atom. The number of nitrogens with two attached hydrogens (primary N) is 2. The zero-order chi connectivity index (χ0) is 7.82. The van der Waals surface area contributed by atoms with Crippen molar-refractivity contribution in [1.29, 1.82) is 0 Å². The first-order valence-electron chi connectivity index (χ1n) is 3.92. The molecule has 0 fully saturated rings. The lowest BCUT2D eigenvalue weighted by atomic mass is 10.1. The van der Waals surface area contributed by atoms with E-state index in [9.17, 15) is 0 Å². The summed E-state index contributed by atoms with van der Waals surface area (Å²) in [5.74, 6) is 0. The smallest absolute Gasteiger partial charge is 0.00765 e. The Balaban J connectivity index is 0. The molecule has 4 heteroatoms. The van der Waals surface area contributed by atoms with Crippen LogP contribution >= 0.6 is 12.4 Å². The van der Waals surface area contributed by atoms with Crippen molar-refractivity contribution in [2.24, 2.45) is 11.5 Å². The van der Waals surface area contributed by atoms with Crippen LogP contribution in [0.4, 0.5) is 0 Å². The largest absolute Gasteiger partial charge is 0.330 e. The summed E-state index contributed by atoms with van der Waals surface area (Å²) >= 11 is 0. The molecule has 0 heterocycles. The predicted molar refractivity (Wildman–Crippen MR) is 52.1 cm³/mol. The lowest BCUT2D eigenvalue weighted by molar-refractivity contribution is 0.483. The number of nitrogens with one attached hydrogen (secondary N) is 1. The van der Waals surface area contributed by atoms with Gasteiger partial charge in [0.1, 0.15) is 0 Å². The summed E-state index contributed by atoms with van der Waals surface area (Å²) in [4.78, 5) is 0. The fraction of sp³-hybridized carbons (Fsp3) is 1.00. The van der Waals surface area contributed by atoms with Gasteiger partial charge in [0.15, 0.2) is 0 Å². The molecule has 0 rings (SSSR count). The molecule has 70 valence electrons. The molecule has 0 amide bonds. The third-order valence-corrected chi connectivity index (χ3v) is 1.68. The van der Waals surface area contributed by atoms with Gasteiger partial charge in [-0.25, -0.2) is 0 Å². The Labute approximate surface area is 75.3 Å². The van der Waals surface area contributed by atoms with Crippen LogP contribution in [0.2, 0.25) is 0 Å². The number of hydrogen-bond donors (Lipinski definition) is 3. The highest BCUT2D eigenvalue weighted by molar-refractivity contribution is 5.85. The van der Waals surface area contributed by atoms with Crippen LogP contribution in [0.5, 0.6) is 0 Å². The number of rotatable bonds is 6. The van der Waals surface area contributed by atoms with Crippen molar-refractivity contribution >= 4 is 12.4 Å². The van der Waals surface area contributed by atoms with E-state index in [-0.39, 0.29) is 12.4 Å². The van der Waals surface area contributed by atoms with E-state index in [0.717, 1.165) is 32.4 Å². The molecular weight excluding hydrogens is 162 g/mol. The van der Waals surface area contributed by atoms with Crippen LogP contribution < -0.4 is 16.8 Å². The monoisotopic (exact) mass is 181 g/mol. The first-order valence-corrected chi connectivity index (χ1v) is 3.92. The van der Waals surface area contributed by atoms with E-state index in [1.165, 1.54) is 0 Å². The van der Waals surface area contributed by atoms with Crippen molar-refractivity contribution in [1.82, 2.24) is 5.32 Å². The Morgan fingerprint density at radius 3 is 2.18 bits per heavy atom. The summed E-state index contributed by atoms with van der Waals surface area (Å²) in [5, 5.41) is 3.20. The molecule has 0 bridgehead atoms. The third-order valence-electron chi connectivity index (χ3n) is 1.68. The number of hydrogen-bond acceptors (Lipinski definition) is 3. The Morgan fingerprint density at radius 1 is 1.18 bits per heavy atom. The minimum absolute atomic E-state index is 0. The van der Waals surface area contributed by atoms with Crippen LogP contribution in [0.3, 0.4) is 0 Å². The molecule has 0 aromatic carbocycles. The summed E-state index contributed by atoms with van der Waals surface area (Å²) in [7, 11) is 1.97. The molecule has 0 radical (unpaired) electrons. The van der Waals surface area contributed by atoms with Gasteiger partial charge in [-0.3, -0.25) is 0 Å². The minimum Gasteiger partial charge on any atom is -0.330 e. The second-order valence-corrected chi connectivity index (χ2v) is 2.49. The fourth-order valence-electron chi connectivity index (χ4n) is 0.998. The average Bonchev–Trinajstić information content (AvgIpc) is 1.98. The van der Waals surface area contributed by atoms with Gasteiger partial charge in [-0.1, -0.05) is 0 Å². The highest BCUT2D eigenvalue weighted by Gasteiger charge is 2.01. The summed E-state index contributed by atoms with van der Waals surface area (Å²) in [6.07, 6.45) is 3.28. The SMILES string of the molecule is CNC(CCN)CCCN.Cl. The molecule has 5 N–H and O–H groups in total. The molecule has 0 aliphatic carbocycles. The van der Waals surface area contributed by atoms with Crippen molar-refractivity contribution in [3.63, 3.8) is 0 Å². The highest BCUT2D eigenvalue weighted by atomic mass is 35.5. The first kappa shape index (κ1) is 13.7. The maximum absolute atomic E-state index is 5.41. The topological polar surface area (TPSA) is 64.1 Å². The van der Waals surface area contributed by atoms with E-state index < -0.39 is 0 Å². The number of halogens is 1. The van der Waals surface area contributed by atoms with Crippen LogP contribution in [0.15, 0.2) is 0 Å². The predicted octanol–water partition coefficient (Wildman–Crippen LogP) is 0.0839. The molecule has 1 atom stereocenters. The van der Waals surface area contributed by atoms with Crippen LogP contribution in [0.25, 0.3) is 0 Å². The quantitative estimate of drug-likeness (QED) is 0.544. The van der Waals surface area contributed by atoms with E-state index in [4.69, 9.17) is 11.5 Å². The van der Waals surface area contributed by atoms with E-state index in [2.05, 4.69) is 5.32 Å². The molecule has 0 saturated carbocycles. The summed E-state index contributed by atoms with van der Waals surface area (Å²) < 4.78 is 0. The van der Waals surface area contributed by atoms with Gasteiger partial charge in [0, 0.05) is 6.04 Å². The van der Waals surface area contributed by atoms with E-state index in [0.29, 0.717) is 6.04 Å². The van der Waals surface area contributed by atoms with Gasteiger partial charge in [-0.05, 0) is 39.4 Å². The lowest BCUT2D eigenvalue weighted by Crippen LogP contribution is -2.28. The van der Waals surface area contributed by atoms with Crippen molar-refractivity contribution in [3.05, 3.63) is 0 Å². The van der Waals surface area contributed by atoms with E-state index in [1.54, 1.807) is 0 Å². The molecule has 3 nitrogen and oxygen atoms in total. The molecule has 11 heavy (non-hydrogen) atoms. The maximum Gasteiger partial charge on any atom is 0.00765 e. The summed E-state index contributed by atoms with van der Waals surface area (Å²) in [6, 6.07) is 0.563. The Kier molecular flexibility index (Phi) is 12.7. The Bertz CT molecular complexity index is 70.7. The maximum atomic E-state index is 5.41. The second kappa shape index (κ2) is 10.2. The molecular formula is C7H20ClN3. The minimum atomic E-state index is 0. The fourth-order valence-corrected chi connectivity index (χ4v) is 0.998. The lowest BCUT2D eigenvalue weighted by Gasteiger charge is -2.13. The van der Waals surface area contributed by atoms with Gasteiger partial charge >= 0.3 is 0 Å². The van der Waals surface area contributed by atoms with E-state index in [1.807, 2.05) is 7.05 Å². The zero-order valence-electron chi connectivity index (χ0n) is 7.18. The first-order chi connectivity index (χ1) is 4.85. The average molecular weight is 182 g/mol. The van der Waals surface area contributed by atoms with Crippen molar-refractivity contribution in [2.45, 2.75) is 25.3 Å². The second-order valence-electron chi connectivity index (χ2n) is 2.49. The third kappa shape index (κ3) is 8.07. The zero-order valence-corrected chi connectivity index (χ0v) is 7.99. The highest BCUT2D eigenvalue weighted by Crippen LogP contribution is 1.98. The standard InChI is InChI=1S/C7H19N3.ClH/c1-10-7(4-6-9)3-2-5-8;/h7,10H,2-6,8-9H2,1H3;1H. The van der Waals surface area contributed by atoms with Crippen LogP contribution in [-0.4, -0.2) is 26.2 Å². The molecule has 0 aromatic rings. The van der Waals surface area contributed by atoms with Crippen molar-refractivity contribution in [3.8, 4) is 0 Å². The molecule has 0 spiro atoms. The van der Waals surface area contributed by atoms with Gasteiger partial charge in [0.05, 0.1) is 0 Å². The van der Waals surface area contributed by atoms with Crippen LogP contribution in [0.1, 0.15) is 19.3 Å².